The normalized spacial score (nSPS) is 11.6. The van der Waals surface area contributed by atoms with E-state index in [1.54, 1.807) is 53.5 Å². The van der Waals surface area contributed by atoms with Crippen LogP contribution in [0.2, 0.25) is 0 Å². The van der Waals surface area contributed by atoms with E-state index in [-0.39, 0.29) is 5.56 Å². The van der Waals surface area contributed by atoms with Crippen molar-refractivity contribution < 1.29 is 9.18 Å². The minimum Gasteiger partial charge on any atom is -0.309 e. The number of aryl methyl sites for hydroxylation is 1. The number of anilines is 1. The van der Waals surface area contributed by atoms with E-state index in [1.807, 2.05) is 31.4 Å². The highest BCUT2D eigenvalue weighted by Crippen LogP contribution is 2.21. The number of benzene rings is 2. The third kappa shape index (κ3) is 5.52. The fourth-order valence-corrected chi connectivity index (χ4v) is 3.57. The second kappa shape index (κ2) is 10.5. The van der Waals surface area contributed by atoms with Crippen molar-refractivity contribution in [2.75, 3.05) is 11.9 Å². The van der Waals surface area contributed by atoms with Crippen molar-refractivity contribution in [3.8, 4) is 17.2 Å². The molecule has 1 atom stereocenters. The molecule has 4 aromatic rings. The van der Waals surface area contributed by atoms with Gasteiger partial charge in [-0.2, -0.15) is 10.4 Å². The molecule has 2 aromatic heterocycles. The van der Waals surface area contributed by atoms with Crippen LogP contribution >= 0.6 is 0 Å². The van der Waals surface area contributed by atoms with Crippen LogP contribution in [0.3, 0.4) is 0 Å². The summed E-state index contributed by atoms with van der Waals surface area (Å²) in [6.07, 6.45) is 5.88. The quantitative estimate of drug-likeness (QED) is 0.420. The monoisotopic (exact) mass is 454 g/mol. The van der Waals surface area contributed by atoms with E-state index in [1.165, 1.54) is 6.07 Å². The summed E-state index contributed by atoms with van der Waals surface area (Å²) in [5, 5.41) is 19.0. The van der Waals surface area contributed by atoms with Crippen molar-refractivity contribution in [3.05, 3.63) is 102 Å². The Labute approximate surface area is 196 Å². The van der Waals surface area contributed by atoms with Crippen LogP contribution in [0.1, 0.15) is 22.7 Å². The highest BCUT2D eigenvalue weighted by Gasteiger charge is 2.23. The summed E-state index contributed by atoms with van der Waals surface area (Å²) >= 11 is 0. The maximum Gasteiger partial charge on any atom is 0.247 e. The lowest BCUT2D eigenvalue weighted by molar-refractivity contribution is -0.118. The standard InChI is InChI=1S/C26H23FN6O/c1-33-17-21(16-31-33)20-10-11-24(30-15-20)32-26(34)25(22-4-2-3-5-23(22)27)29-13-12-18-6-8-19(14-28)9-7-18/h2-11,15-17,25,29H,12-13H2,1H3,(H,30,32,34). The van der Waals surface area contributed by atoms with Gasteiger partial charge in [0.05, 0.1) is 17.8 Å². The van der Waals surface area contributed by atoms with Crippen molar-refractivity contribution in [3.63, 3.8) is 0 Å². The number of aromatic nitrogens is 3. The first-order valence-electron chi connectivity index (χ1n) is 10.8. The van der Waals surface area contributed by atoms with E-state index < -0.39 is 17.8 Å². The summed E-state index contributed by atoms with van der Waals surface area (Å²) in [6, 6.07) is 18.2. The third-order valence-corrected chi connectivity index (χ3v) is 5.38. The van der Waals surface area contributed by atoms with Crippen LogP contribution in [0.4, 0.5) is 10.2 Å². The number of carbonyl (C=O) groups is 1. The molecular formula is C26H23FN6O. The zero-order valence-electron chi connectivity index (χ0n) is 18.6. The molecule has 34 heavy (non-hydrogen) atoms. The summed E-state index contributed by atoms with van der Waals surface area (Å²) in [7, 11) is 1.84. The summed E-state index contributed by atoms with van der Waals surface area (Å²) < 4.78 is 16.2. The number of pyridine rings is 1. The fourth-order valence-electron chi connectivity index (χ4n) is 3.57. The topological polar surface area (TPSA) is 95.6 Å². The van der Waals surface area contributed by atoms with Crippen LogP contribution in [0, 0.1) is 17.1 Å². The summed E-state index contributed by atoms with van der Waals surface area (Å²) in [5.41, 5.74) is 3.64. The Bertz CT molecular complexity index is 1310. The molecule has 0 radical (unpaired) electrons. The van der Waals surface area contributed by atoms with Gasteiger partial charge >= 0.3 is 0 Å². The first-order chi connectivity index (χ1) is 16.5. The van der Waals surface area contributed by atoms with Gasteiger partial charge in [0, 0.05) is 42.7 Å². The second-order valence-corrected chi connectivity index (χ2v) is 7.79. The Hall–Kier alpha value is -4.35. The molecule has 0 spiro atoms. The fraction of sp³-hybridized carbons (Fsp3) is 0.154. The summed E-state index contributed by atoms with van der Waals surface area (Å²) in [4.78, 5) is 17.4. The average molecular weight is 455 g/mol. The first kappa shape index (κ1) is 22.8. The molecular weight excluding hydrogens is 431 g/mol. The van der Waals surface area contributed by atoms with Crippen LogP contribution in [-0.4, -0.2) is 27.2 Å². The Morgan fingerprint density at radius 2 is 1.88 bits per heavy atom. The minimum atomic E-state index is -0.903. The number of rotatable bonds is 8. The predicted octanol–water partition coefficient (Wildman–Crippen LogP) is 4.00. The molecule has 0 saturated carbocycles. The maximum absolute atomic E-state index is 14.5. The van der Waals surface area contributed by atoms with Gasteiger partial charge in [0.25, 0.3) is 0 Å². The van der Waals surface area contributed by atoms with Gasteiger partial charge in [0.15, 0.2) is 0 Å². The van der Waals surface area contributed by atoms with Crippen molar-refractivity contribution >= 4 is 11.7 Å². The number of amides is 1. The molecule has 7 nitrogen and oxygen atoms in total. The van der Waals surface area contributed by atoms with Crippen LogP contribution in [0.5, 0.6) is 0 Å². The van der Waals surface area contributed by atoms with Crippen LogP contribution in [-0.2, 0) is 18.3 Å². The lowest BCUT2D eigenvalue weighted by Crippen LogP contribution is -2.35. The SMILES string of the molecule is Cn1cc(-c2ccc(NC(=O)C(NCCc3ccc(C#N)cc3)c3ccccc3F)nc2)cn1. The van der Waals surface area contributed by atoms with Crippen molar-refractivity contribution in [2.24, 2.45) is 7.05 Å². The Balaban J connectivity index is 1.46. The molecule has 0 saturated heterocycles. The van der Waals surface area contributed by atoms with Gasteiger partial charge in [0.2, 0.25) is 5.91 Å². The van der Waals surface area contributed by atoms with Crippen molar-refractivity contribution in [1.29, 1.82) is 5.26 Å². The summed E-state index contributed by atoms with van der Waals surface area (Å²) in [6.45, 7) is 0.436. The lowest BCUT2D eigenvalue weighted by Gasteiger charge is -2.19. The van der Waals surface area contributed by atoms with Gasteiger partial charge in [-0.1, -0.05) is 30.3 Å². The molecule has 4 rings (SSSR count). The number of hydrogen-bond acceptors (Lipinski definition) is 5. The third-order valence-electron chi connectivity index (χ3n) is 5.38. The zero-order valence-corrected chi connectivity index (χ0v) is 18.6. The van der Waals surface area contributed by atoms with Gasteiger partial charge in [-0.15, -0.1) is 0 Å². The van der Waals surface area contributed by atoms with Gasteiger partial charge in [-0.3, -0.25) is 9.48 Å². The number of hydrogen-bond donors (Lipinski definition) is 2. The highest BCUT2D eigenvalue weighted by atomic mass is 19.1. The maximum atomic E-state index is 14.5. The van der Waals surface area contributed by atoms with Crippen LogP contribution in [0.15, 0.2) is 79.3 Å². The predicted molar refractivity (Wildman–Crippen MR) is 127 cm³/mol. The first-order valence-corrected chi connectivity index (χ1v) is 10.8. The molecule has 2 heterocycles. The van der Waals surface area contributed by atoms with Crippen molar-refractivity contribution in [2.45, 2.75) is 12.5 Å². The largest absolute Gasteiger partial charge is 0.309 e. The van der Waals surface area contributed by atoms with Crippen LogP contribution in [0.25, 0.3) is 11.1 Å². The lowest BCUT2D eigenvalue weighted by atomic mass is 10.0. The molecule has 1 amide bonds. The molecule has 0 aliphatic heterocycles. The second-order valence-electron chi connectivity index (χ2n) is 7.79. The van der Waals surface area contributed by atoms with E-state index in [0.717, 1.165) is 16.7 Å². The van der Waals surface area contributed by atoms with Gasteiger partial charge in [-0.25, -0.2) is 9.37 Å². The molecule has 8 heteroatoms. The number of carbonyl (C=O) groups excluding carboxylic acids is 1. The van der Waals surface area contributed by atoms with E-state index in [4.69, 9.17) is 5.26 Å². The number of nitrogens with zero attached hydrogens (tertiary/aromatic N) is 4. The van der Waals surface area contributed by atoms with E-state index in [9.17, 15) is 9.18 Å². The molecule has 170 valence electrons. The Morgan fingerprint density at radius 3 is 2.53 bits per heavy atom. The highest BCUT2D eigenvalue weighted by molar-refractivity contribution is 5.95. The molecule has 0 fully saturated rings. The van der Waals surface area contributed by atoms with Gasteiger partial charge in [-0.05, 0) is 42.3 Å². The summed E-state index contributed by atoms with van der Waals surface area (Å²) in [5.74, 6) is -0.507. The minimum absolute atomic E-state index is 0.256. The van der Waals surface area contributed by atoms with E-state index in [2.05, 4.69) is 26.8 Å². The van der Waals surface area contributed by atoms with E-state index in [0.29, 0.717) is 24.3 Å². The Kier molecular flexibility index (Phi) is 7.06. The van der Waals surface area contributed by atoms with Gasteiger partial charge < -0.3 is 10.6 Å². The molecule has 2 aromatic carbocycles. The average Bonchev–Trinajstić information content (AvgIpc) is 3.29. The molecule has 0 bridgehead atoms. The van der Waals surface area contributed by atoms with E-state index >= 15 is 0 Å². The number of nitrogens with one attached hydrogen (secondary N) is 2. The van der Waals surface area contributed by atoms with Gasteiger partial charge in [0.1, 0.15) is 17.7 Å². The van der Waals surface area contributed by atoms with Crippen molar-refractivity contribution in [1.82, 2.24) is 20.1 Å². The molecule has 2 N–H and O–H groups in total. The number of nitriles is 1. The molecule has 0 aliphatic carbocycles. The smallest absolute Gasteiger partial charge is 0.247 e. The molecule has 1 unspecified atom stereocenters. The number of halogens is 1. The van der Waals surface area contributed by atoms with Crippen LogP contribution < -0.4 is 10.6 Å². The molecule has 0 aliphatic rings. The Morgan fingerprint density at radius 1 is 1.09 bits per heavy atom. The zero-order chi connectivity index (χ0) is 23.9.